The van der Waals surface area contributed by atoms with Crippen molar-refractivity contribution in [3.8, 4) is 5.75 Å². The van der Waals surface area contributed by atoms with Crippen molar-refractivity contribution in [2.24, 2.45) is 5.92 Å². The summed E-state index contributed by atoms with van der Waals surface area (Å²) in [5.74, 6) is 1.57. The van der Waals surface area contributed by atoms with E-state index in [2.05, 4.69) is 29.1 Å². The fraction of sp³-hybridized carbons (Fsp3) is 0.333. The maximum absolute atomic E-state index is 12.5. The molecule has 1 amide bonds. The molecule has 136 valence electrons. The minimum Gasteiger partial charge on any atom is -0.483 e. The predicted octanol–water partition coefficient (Wildman–Crippen LogP) is 4.07. The highest BCUT2D eigenvalue weighted by Gasteiger charge is 2.22. The summed E-state index contributed by atoms with van der Waals surface area (Å²) in [4.78, 5) is 20.4. The Morgan fingerprint density at radius 3 is 2.46 bits per heavy atom. The molecule has 3 aromatic rings. The van der Waals surface area contributed by atoms with E-state index in [1.165, 1.54) is 0 Å². The monoisotopic (exact) mass is 351 g/mol. The van der Waals surface area contributed by atoms with Crippen LogP contribution in [0, 0.1) is 19.8 Å². The summed E-state index contributed by atoms with van der Waals surface area (Å²) in [5, 5.41) is 3.05. The van der Waals surface area contributed by atoms with Crippen LogP contribution in [0.5, 0.6) is 5.75 Å². The summed E-state index contributed by atoms with van der Waals surface area (Å²) >= 11 is 0. The zero-order valence-electron chi connectivity index (χ0n) is 15.7. The van der Waals surface area contributed by atoms with Gasteiger partial charge in [-0.15, -0.1) is 0 Å². The molecule has 3 rings (SSSR count). The number of nitrogens with zero attached hydrogens (tertiary/aromatic N) is 1. The summed E-state index contributed by atoms with van der Waals surface area (Å²) < 4.78 is 5.76. The van der Waals surface area contributed by atoms with Gasteiger partial charge in [0.1, 0.15) is 11.6 Å². The smallest absolute Gasteiger partial charge is 0.258 e. The average molecular weight is 351 g/mol. The highest BCUT2D eigenvalue weighted by molar-refractivity contribution is 5.79. The van der Waals surface area contributed by atoms with Gasteiger partial charge in [0, 0.05) is 0 Å². The Morgan fingerprint density at radius 1 is 1.12 bits per heavy atom. The molecule has 0 fully saturated rings. The Morgan fingerprint density at radius 2 is 1.81 bits per heavy atom. The van der Waals surface area contributed by atoms with Gasteiger partial charge in [0.05, 0.1) is 17.1 Å². The van der Waals surface area contributed by atoms with Crippen molar-refractivity contribution < 1.29 is 9.53 Å². The Hall–Kier alpha value is -2.82. The van der Waals surface area contributed by atoms with Crippen LogP contribution in [0.2, 0.25) is 0 Å². The molecule has 0 aliphatic heterocycles. The molecule has 2 N–H and O–H groups in total. The maximum Gasteiger partial charge on any atom is 0.258 e. The molecule has 0 saturated carbocycles. The number of benzene rings is 2. The lowest BCUT2D eigenvalue weighted by atomic mass is 10.0. The van der Waals surface area contributed by atoms with E-state index in [4.69, 9.17) is 4.74 Å². The molecule has 0 radical (unpaired) electrons. The quantitative estimate of drug-likeness (QED) is 0.703. The molecule has 0 spiro atoms. The van der Waals surface area contributed by atoms with E-state index in [1.807, 2.05) is 56.3 Å². The van der Waals surface area contributed by atoms with Crippen molar-refractivity contribution in [2.45, 2.75) is 33.7 Å². The third-order valence-corrected chi connectivity index (χ3v) is 4.44. The van der Waals surface area contributed by atoms with E-state index in [0.717, 1.165) is 33.7 Å². The van der Waals surface area contributed by atoms with Crippen LogP contribution in [-0.4, -0.2) is 22.5 Å². The molecule has 2 aromatic carbocycles. The van der Waals surface area contributed by atoms with Crippen LogP contribution in [0.1, 0.15) is 36.8 Å². The number of aromatic amines is 1. The number of carbonyl (C=O) groups excluding carboxylic acids is 1. The summed E-state index contributed by atoms with van der Waals surface area (Å²) in [6.45, 7) is 8.06. The number of para-hydroxylation sites is 3. The highest BCUT2D eigenvalue weighted by atomic mass is 16.5. The van der Waals surface area contributed by atoms with Crippen LogP contribution in [0.25, 0.3) is 11.0 Å². The second-order valence-corrected chi connectivity index (χ2v) is 6.94. The molecule has 0 aliphatic carbocycles. The highest BCUT2D eigenvalue weighted by Crippen LogP contribution is 2.24. The number of carbonyl (C=O) groups is 1. The number of fused-ring (bicyclic) bond motifs is 1. The van der Waals surface area contributed by atoms with Gasteiger partial charge in [0.15, 0.2) is 6.61 Å². The number of rotatable bonds is 6. The van der Waals surface area contributed by atoms with Gasteiger partial charge in [-0.25, -0.2) is 4.98 Å². The lowest BCUT2D eigenvalue weighted by Gasteiger charge is -2.21. The number of amides is 1. The molecule has 1 aromatic heterocycles. The first kappa shape index (κ1) is 18.0. The average Bonchev–Trinajstić information content (AvgIpc) is 3.02. The Kier molecular flexibility index (Phi) is 5.26. The number of H-pyrrole nitrogens is 1. The summed E-state index contributed by atoms with van der Waals surface area (Å²) in [6.07, 6.45) is 0. The van der Waals surface area contributed by atoms with Gasteiger partial charge < -0.3 is 15.0 Å². The number of imidazole rings is 1. The van der Waals surface area contributed by atoms with Crippen LogP contribution >= 0.6 is 0 Å². The van der Waals surface area contributed by atoms with E-state index in [9.17, 15) is 4.79 Å². The van der Waals surface area contributed by atoms with Crippen molar-refractivity contribution >= 4 is 16.9 Å². The second kappa shape index (κ2) is 7.60. The van der Waals surface area contributed by atoms with E-state index in [0.29, 0.717) is 0 Å². The molecular weight excluding hydrogens is 326 g/mol. The first-order chi connectivity index (χ1) is 12.5. The SMILES string of the molecule is Cc1cccc(C)c1OCC(=O)NC(c1nc2ccccc2[nH]1)C(C)C. The normalized spacial score (nSPS) is 12.3. The number of aryl methyl sites for hydroxylation is 2. The van der Waals surface area contributed by atoms with Gasteiger partial charge in [-0.1, -0.05) is 44.2 Å². The lowest BCUT2D eigenvalue weighted by Crippen LogP contribution is -2.35. The number of nitrogens with one attached hydrogen (secondary N) is 2. The molecular formula is C21H25N3O2. The molecule has 0 saturated heterocycles. The first-order valence-corrected chi connectivity index (χ1v) is 8.88. The number of aromatic nitrogens is 2. The van der Waals surface area contributed by atoms with Gasteiger partial charge >= 0.3 is 0 Å². The van der Waals surface area contributed by atoms with Gasteiger partial charge in [-0.2, -0.15) is 0 Å². The van der Waals surface area contributed by atoms with Crippen molar-refractivity contribution in [3.05, 3.63) is 59.4 Å². The topological polar surface area (TPSA) is 67.0 Å². The van der Waals surface area contributed by atoms with Gasteiger partial charge in [-0.05, 0) is 43.0 Å². The fourth-order valence-corrected chi connectivity index (χ4v) is 3.05. The molecule has 5 nitrogen and oxygen atoms in total. The molecule has 1 heterocycles. The molecule has 26 heavy (non-hydrogen) atoms. The van der Waals surface area contributed by atoms with Gasteiger partial charge in [0.2, 0.25) is 0 Å². The standard InChI is InChI=1S/C21H25N3O2/c1-13(2)19(21-22-16-10-5-6-11-17(16)23-21)24-18(25)12-26-20-14(3)8-7-9-15(20)4/h5-11,13,19H,12H2,1-4H3,(H,22,23)(H,24,25). The van der Waals surface area contributed by atoms with Crippen LogP contribution in [0.15, 0.2) is 42.5 Å². The lowest BCUT2D eigenvalue weighted by molar-refractivity contribution is -0.124. The first-order valence-electron chi connectivity index (χ1n) is 8.88. The van der Waals surface area contributed by atoms with Crippen LogP contribution < -0.4 is 10.1 Å². The van der Waals surface area contributed by atoms with E-state index >= 15 is 0 Å². The number of hydrogen-bond acceptors (Lipinski definition) is 3. The van der Waals surface area contributed by atoms with E-state index in [1.54, 1.807) is 0 Å². The van der Waals surface area contributed by atoms with E-state index < -0.39 is 0 Å². The third kappa shape index (κ3) is 3.87. The maximum atomic E-state index is 12.5. The Bertz CT molecular complexity index is 861. The van der Waals surface area contributed by atoms with Crippen LogP contribution in [0.3, 0.4) is 0 Å². The molecule has 0 aliphatic rings. The van der Waals surface area contributed by atoms with Gasteiger partial charge in [0.25, 0.3) is 5.91 Å². The minimum absolute atomic E-state index is 0.0187. The third-order valence-electron chi connectivity index (χ3n) is 4.44. The predicted molar refractivity (Wildman–Crippen MR) is 103 cm³/mol. The van der Waals surface area contributed by atoms with Gasteiger partial charge in [-0.3, -0.25) is 4.79 Å². The van der Waals surface area contributed by atoms with Crippen LogP contribution in [-0.2, 0) is 4.79 Å². The molecule has 0 bridgehead atoms. The fourth-order valence-electron chi connectivity index (χ4n) is 3.05. The summed E-state index contributed by atoms with van der Waals surface area (Å²) in [6, 6.07) is 13.6. The zero-order chi connectivity index (χ0) is 18.7. The summed E-state index contributed by atoms with van der Waals surface area (Å²) in [7, 11) is 0. The Labute approximate surface area is 153 Å². The summed E-state index contributed by atoms with van der Waals surface area (Å²) in [5.41, 5.74) is 3.91. The van der Waals surface area contributed by atoms with Crippen molar-refractivity contribution in [3.63, 3.8) is 0 Å². The largest absolute Gasteiger partial charge is 0.483 e. The van der Waals surface area contributed by atoms with E-state index in [-0.39, 0.29) is 24.5 Å². The second-order valence-electron chi connectivity index (χ2n) is 6.94. The van der Waals surface area contributed by atoms with Crippen molar-refractivity contribution in [1.82, 2.24) is 15.3 Å². The molecule has 1 atom stereocenters. The molecule has 5 heteroatoms. The minimum atomic E-state index is -0.198. The van der Waals surface area contributed by atoms with Crippen molar-refractivity contribution in [2.75, 3.05) is 6.61 Å². The Balaban J connectivity index is 1.70. The number of ether oxygens (including phenoxy) is 1. The number of hydrogen-bond donors (Lipinski definition) is 2. The zero-order valence-corrected chi connectivity index (χ0v) is 15.7. The van der Waals surface area contributed by atoms with Crippen LogP contribution in [0.4, 0.5) is 0 Å². The van der Waals surface area contributed by atoms with Crippen molar-refractivity contribution in [1.29, 1.82) is 0 Å². The molecule has 1 unspecified atom stereocenters.